The zero-order valence-electron chi connectivity index (χ0n) is 26.4. The lowest BCUT2D eigenvalue weighted by atomic mass is 10.0. The van der Waals surface area contributed by atoms with Crippen LogP contribution in [0.1, 0.15) is 28.4 Å². The van der Waals surface area contributed by atoms with Gasteiger partial charge in [-0.1, -0.05) is 30.3 Å². The van der Waals surface area contributed by atoms with Crippen LogP contribution in [0, 0.1) is 5.82 Å². The molecule has 6 rings (SSSR count). The number of para-hydroxylation sites is 1. The molecule has 244 valence electrons. The minimum absolute atomic E-state index is 0.00162. The molecule has 4 aromatic heterocycles. The fourth-order valence-electron chi connectivity index (χ4n) is 5.18. The third-order valence-corrected chi connectivity index (χ3v) is 8.67. The van der Waals surface area contributed by atoms with Crippen LogP contribution in [0.15, 0.2) is 102 Å². The molecule has 0 saturated carbocycles. The van der Waals surface area contributed by atoms with Crippen molar-refractivity contribution in [3.8, 4) is 33.5 Å². The van der Waals surface area contributed by atoms with Crippen LogP contribution in [0.25, 0.3) is 26.5 Å². The van der Waals surface area contributed by atoms with Gasteiger partial charge in [0.15, 0.2) is 17.3 Å². The number of benzene rings is 2. The Bertz CT molecular complexity index is 2100. The van der Waals surface area contributed by atoms with Gasteiger partial charge in [0.1, 0.15) is 17.1 Å². The molecule has 0 fully saturated rings. The van der Waals surface area contributed by atoms with Crippen molar-refractivity contribution in [2.45, 2.75) is 19.9 Å². The Morgan fingerprint density at radius 2 is 1.79 bits per heavy atom. The Morgan fingerprint density at radius 3 is 2.54 bits per heavy atom. The molecule has 0 aliphatic carbocycles. The van der Waals surface area contributed by atoms with Gasteiger partial charge in [-0.25, -0.2) is 4.39 Å². The van der Waals surface area contributed by atoms with Crippen molar-refractivity contribution < 1.29 is 23.4 Å². The summed E-state index contributed by atoms with van der Waals surface area (Å²) in [4.78, 5) is 36.9. The van der Waals surface area contributed by atoms with Crippen LogP contribution in [0.5, 0.6) is 17.2 Å². The van der Waals surface area contributed by atoms with E-state index in [-0.39, 0.29) is 30.1 Å². The predicted octanol–water partition coefficient (Wildman–Crippen LogP) is 7.00. The number of carbonyl (C=O) groups excluding carboxylic acids is 1. The summed E-state index contributed by atoms with van der Waals surface area (Å²) in [6, 6.07) is 22.6. The number of nitrogens with zero attached hydrogens (tertiary/aromatic N) is 3. The molecule has 0 saturated heterocycles. The zero-order valence-corrected chi connectivity index (χ0v) is 27.3. The second-order valence-electron chi connectivity index (χ2n) is 10.8. The molecule has 0 bridgehead atoms. The van der Waals surface area contributed by atoms with Crippen molar-refractivity contribution >= 4 is 27.3 Å². The number of fused-ring (bicyclic) bond motifs is 1. The molecule has 0 aliphatic rings. The SMILES string of the molecule is CCOc1ccn(-c2ccccc2)c(=O)c1C(=O)Cc1ccc(Oc2ccnc3cc(-c4ccc(CNCCOC)cn4)sc23)c(F)c1. The first-order valence-corrected chi connectivity index (χ1v) is 16.2. The number of ketones is 1. The lowest BCUT2D eigenvalue weighted by molar-refractivity contribution is 0.0987. The molecule has 1 N–H and O–H groups in total. The Balaban J connectivity index is 1.19. The van der Waals surface area contributed by atoms with Gasteiger partial charge >= 0.3 is 0 Å². The Kier molecular flexibility index (Phi) is 10.3. The quantitative estimate of drug-likeness (QED) is 0.0981. The first-order valence-electron chi connectivity index (χ1n) is 15.4. The van der Waals surface area contributed by atoms with Crippen LogP contribution < -0.4 is 20.3 Å². The highest BCUT2D eigenvalue weighted by Gasteiger charge is 2.21. The number of hydrogen-bond donors (Lipinski definition) is 1. The van der Waals surface area contributed by atoms with Crippen LogP contribution in [0.4, 0.5) is 4.39 Å². The van der Waals surface area contributed by atoms with Crippen LogP contribution in [0.3, 0.4) is 0 Å². The molecule has 6 aromatic rings. The Labute approximate surface area is 280 Å². The molecule has 2 aromatic carbocycles. The summed E-state index contributed by atoms with van der Waals surface area (Å²) in [5.74, 6) is -0.479. The van der Waals surface area contributed by atoms with Crippen molar-refractivity contribution in [2.75, 3.05) is 26.9 Å². The van der Waals surface area contributed by atoms with Gasteiger partial charge in [-0.15, -0.1) is 11.3 Å². The molecule has 0 atom stereocenters. The molecule has 0 radical (unpaired) electrons. The largest absolute Gasteiger partial charge is 0.493 e. The fourth-order valence-corrected chi connectivity index (χ4v) is 6.22. The van der Waals surface area contributed by atoms with E-state index in [1.807, 2.05) is 30.5 Å². The fraction of sp³-hybridized carbons (Fsp3) is 0.189. The van der Waals surface area contributed by atoms with Crippen LogP contribution in [0.2, 0.25) is 0 Å². The normalized spacial score (nSPS) is 11.1. The third-order valence-electron chi connectivity index (χ3n) is 7.51. The van der Waals surface area contributed by atoms with E-state index in [1.165, 1.54) is 28.0 Å². The second kappa shape index (κ2) is 15.1. The summed E-state index contributed by atoms with van der Waals surface area (Å²) < 4.78 is 34.3. The second-order valence-corrected chi connectivity index (χ2v) is 11.9. The molecular formula is C37H33FN4O5S. The maximum atomic E-state index is 15.4. The van der Waals surface area contributed by atoms with Gasteiger partial charge in [0, 0.05) is 57.0 Å². The van der Waals surface area contributed by atoms with Crippen LogP contribution >= 0.6 is 11.3 Å². The van der Waals surface area contributed by atoms with E-state index in [9.17, 15) is 9.59 Å². The summed E-state index contributed by atoms with van der Waals surface area (Å²) in [6.45, 7) is 4.14. The minimum Gasteiger partial charge on any atom is -0.493 e. The predicted molar refractivity (Wildman–Crippen MR) is 184 cm³/mol. The van der Waals surface area contributed by atoms with Gasteiger partial charge in [0.05, 0.1) is 34.0 Å². The van der Waals surface area contributed by atoms with Crippen molar-refractivity contribution in [3.63, 3.8) is 0 Å². The summed E-state index contributed by atoms with van der Waals surface area (Å²) in [6.07, 6.45) is 4.82. The standard InChI is InChI=1S/C37H33FN4O5S/c1-3-46-32-14-17-42(26-7-5-4-6-8-26)37(44)35(32)30(43)20-24-10-12-31(27(38)19-24)47-33-13-15-40-29-21-34(48-36(29)33)28-11-9-25(23-41-28)22-39-16-18-45-2/h4-15,17,19,21,23,39H,3,16,18,20,22H2,1-2H3. The zero-order chi connectivity index (χ0) is 33.5. The van der Waals surface area contributed by atoms with E-state index in [2.05, 4.69) is 15.3 Å². The van der Waals surface area contributed by atoms with Crippen molar-refractivity contribution in [3.05, 3.63) is 130 Å². The number of rotatable bonds is 14. The summed E-state index contributed by atoms with van der Waals surface area (Å²) in [5, 5.41) is 3.30. The third kappa shape index (κ3) is 7.33. The number of thiophene rings is 1. The number of methoxy groups -OCH3 is 1. The van der Waals surface area contributed by atoms with Crippen molar-refractivity contribution in [1.82, 2.24) is 19.9 Å². The van der Waals surface area contributed by atoms with Crippen LogP contribution in [-0.2, 0) is 17.7 Å². The summed E-state index contributed by atoms with van der Waals surface area (Å²) >= 11 is 1.45. The van der Waals surface area contributed by atoms with E-state index < -0.39 is 17.2 Å². The van der Waals surface area contributed by atoms with Crippen LogP contribution in [-0.4, -0.2) is 47.2 Å². The van der Waals surface area contributed by atoms with Gasteiger partial charge in [-0.2, -0.15) is 0 Å². The first-order chi connectivity index (χ1) is 23.4. The minimum atomic E-state index is -0.641. The molecule has 4 heterocycles. The number of Topliss-reactive ketones (excluding diaryl/α,β-unsaturated/α-hetero) is 1. The molecule has 0 spiro atoms. The molecule has 48 heavy (non-hydrogen) atoms. The van der Waals surface area contributed by atoms with E-state index in [4.69, 9.17) is 14.2 Å². The highest BCUT2D eigenvalue weighted by Crippen LogP contribution is 2.39. The average Bonchev–Trinajstić information content (AvgIpc) is 3.54. The molecule has 9 nitrogen and oxygen atoms in total. The Hall–Kier alpha value is -5.23. The van der Waals surface area contributed by atoms with E-state index in [0.717, 1.165) is 27.4 Å². The Morgan fingerprint density at radius 1 is 0.958 bits per heavy atom. The lowest BCUT2D eigenvalue weighted by Crippen LogP contribution is -2.26. The van der Waals surface area contributed by atoms with Crippen molar-refractivity contribution in [2.24, 2.45) is 0 Å². The summed E-state index contributed by atoms with van der Waals surface area (Å²) in [7, 11) is 1.67. The van der Waals surface area contributed by atoms with E-state index in [1.54, 1.807) is 68.9 Å². The topological polar surface area (TPSA) is 105 Å². The lowest BCUT2D eigenvalue weighted by Gasteiger charge is -2.13. The highest BCUT2D eigenvalue weighted by atomic mass is 32.1. The maximum Gasteiger partial charge on any atom is 0.269 e. The number of hydrogen-bond acceptors (Lipinski definition) is 9. The maximum absolute atomic E-state index is 15.4. The van der Waals surface area contributed by atoms with E-state index >= 15 is 4.39 Å². The molecule has 0 aliphatic heterocycles. The smallest absolute Gasteiger partial charge is 0.269 e. The van der Waals surface area contributed by atoms with Crippen molar-refractivity contribution in [1.29, 1.82) is 0 Å². The number of carbonyl (C=O) groups is 1. The molecule has 0 amide bonds. The van der Waals surface area contributed by atoms with Gasteiger partial charge in [-0.05, 0) is 60.5 Å². The summed E-state index contributed by atoms with van der Waals surface area (Å²) in [5.41, 5.74) is 2.98. The number of nitrogens with one attached hydrogen (secondary N) is 1. The monoisotopic (exact) mass is 664 g/mol. The number of pyridine rings is 3. The van der Waals surface area contributed by atoms with Gasteiger partial charge in [0.25, 0.3) is 5.56 Å². The molecular weight excluding hydrogens is 631 g/mol. The highest BCUT2D eigenvalue weighted by molar-refractivity contribution is 7.22. The molecule has 11 heteroatoms. The van der Waals surface area contributed by atoms with E-state index in [0.29, 0.717) is 35.7 Å². The number of halogens is 1. The average molecular weight is 665 g/mol. The van der Waals surface area contributed by atoms with Gasteiger partial charge < -0.3 is 19.5 Å². The molecule has 0 unspecified atom stereocenters. The number of aromatic nitrogens is 3. The number of ether oxygens (including phenoxy) is 3. The first kappa shape index (κ1) is 32.7. The van der Waals surface area contributed by atoms with Gasteiger partial charge in [-0.3, -0.25) is 24.1 Å². The van der Waals surface area contributed by atoms with Gasteiger partial charge in [0.2, 0.25) is 0 Å².